The first kappa shape index (κ1) is 24.1. The molecule has 2 bridgehead atoms. The summed E-state index contributed by atoms with van der Waals surface area (Å²) in [6.07, 6.45) is 2.59. The van der Waals surface area contributed by atoms with E-state index in [2.05, 4.69) is 33.1 Å². The number of carbonyl (C=O) groups is 2. The van der Waals surface area contributed by atoms with Crippen LogP contribution in [-0.2, 0) is 19.6 Å². The smallest absolute Gasteiger partial charge is 0.338 e. The molecule has 3 N–H and O–H groups in total. The predicted octanol–water partition coefficient (Wildman–Crippen LogP) is 1.90. The fourth-order valence-corrected chi connectivity index (χ4v) is 7.12. The number of carbonyl (C=O) groups excluding carboxylic acids is 2. The molecule has 0 aromatic heterocycles. The maximum atomic E-state index is 13.4. The van der Waals surface area contributed by atoms with E-state index in [0.717, 1.165) is 19.3 Å². The van der Waals surface area contributed by atoms with Crippen LogP contribution in [0.15, 0.2) is 41.4 Å². The number of nitriles is 1. The highest BCUT2D eigenvalue weighted by Crippen LogP contribution is 2.53. The summed E-state index contributed by atoms with van der Waals surface area (Å²) in [5.41, 5.74) is 3.63. The number of sulfonamides is 1. The molecular weight excluding hydrogens is 430 g/mol. The van der Waals surface area contributed by atoms with Crippen LogP contribution in [-0.4, -0.2) is 43.7 Å². The third-order valence-electron chi connectivity index (χ3n) is 6.25. The van der Waals surface area contributed by atoms with Crippen LogP contribution in [0, 0.1) is 28.1 Å². The zero-order valence-corrected chi connectivity index (χ0v) is 19.6. The lowest BCUT2D eigenvalue weighted by atomic mass is 9.65. The Labute approximate surface area is 189 Å². The number of Topliss-reactive ketones (excluding diaryl/α,β-unsaturated/α-hetero) is 1. The van der Waals surface area contributed by atoms with Gasteiger partial charge in [-0.05, 0) is 54.9 Å². The summed E-state index contributed by atoms with van der Waals surface area (Å²) < 4.78 is 33.5. The van der Waals surface area contributed by atoms with Gasteiger partial charge in [0.1, 0.15) is 5.70 Å². The van der Waals surface area contributed by atoms with E-state index in [1.807, 2.05) is 0 Å². The van der Waals surface area contributed by atoms with E-state index < -0.39 is 34.3 Å². The molecule has 1 heterocycles. The van der Waals surface area contributed by atoms with E-state index >= 15 is 0 Å². The number of ketones is 1. The van der Waals surface area contributed by atoms with Crippen LogP contribution >= 0.6 is 0 Å². The summed E-state index contributed by atoms with van der Waals surface area (Å²) in [6, 6.07) is 7.35. The minimum absolute atomic E-state index is 0.0215. The second kappa shape index (κ2) is 8.43. The van der Waals surface area contributed by atoms with Crippen LogP contribution in [0.1, 0.15) is 50.4 Å². The maximum Gasteiger partial charge on any atom is 0.338 e. The van der Waals surface area contributed by atoms with Gasteiger partial charge in [-0.1, -0.05) is 26.8 Å². The first-order valence-electron chi connectivity index (χ1n) is 10.5. The van der Waals surface area contributed by atoms with Crippen molar-refractivity contribution in [2.75, 3.05) is 13.2 Å². The molecule has 0 spiro atoms. The van der Waals surface area contributed by atoms with Crippen molar-refractivity contribution in [2.24, 2.45) is 16.7 Å². The molecule has 172 valence electrons. The Bertz CT molecular complexity index is 1100. The molecular formula is C23H30N3O5S+. The third-order valence-corrected chi connectivity index (χ3v) is 8.14. The lowest BCUT2D eigenvalue weighted by Crippen LogP contribution is -2.51. The van der Waals surface area contributed by atoms with Gasteiger partial charge in [0.2, 0.25) is 10.0 Å². The van der Waals surface area contributed by atoms with Crippen LogP contribution in [0.25, 0.3) is 0 Å². The van der Waals surface area contributed by atoms with Crippen molar-refractivity contribution in [1.82, 2.24) is 4.31 Å². The van der Waals surface area contributed by atoms with Crippen LogP contribution < -0.4 is 5.73 Å². The Kier molecular flexibility index (Phi) is 6.35. The fourth-order valence-electron chi connectivity index (χ4n) is 5.30. The van der Waals surface area contributed by atoms with Crippen LogP contribution in [0.5, 0.6) is 0 Å². The summed E-state index contributed by atoms with van der Waals surface area (Å²) in [5.74, 6) is -2.63. The molecule has 0 unspecified atom stereocenters. The normalized spacial score (nSPS) is 25.5. The van der Waals surface area contributed by atoms with Gasteiger partial charge in [0.15, 0.2) is 18.3 Å². The Morgan fingerprint density at radius 3 is 2.66 bits per heavy atom. The van der Waals surface area contributed by atoms with Crippen LogP contribution in [0.2, 0.25) is 0 Å². The lowest BCUT2D eigenvalue weighted by molar-refractivity contribution is -0.309. The molecule has 0 amide bonds. The molecule has 1 aromatic rings. The lowest BCUT2D eigenvalue weighted by Gasteiger charge is -2.39. The number of benzene rings is 1. The second-order valence-electron chi connectivity index (χ2n) is 10.1. The molecule has 1 aliphatic carbocycles. The Balaban J connectivity index is 1.77. The summed E-state index contributed by atoms with van der Waals surface area (Å²) >= 11 is 0. The van der Waals surface area contributed by atoms with E-state index in [1.54, 1.807) is 10.4 Å². The minimum Gasteiger partial charge on any atom is -0.454 e. The number of hydrogen-bond acceptors (Lipinski definition) is 6. The SMILES string of the molecule is C=C([NH3+])[C@@H](C#N)C(=O)COC(=O)c1cccc(S(=O)(=O)N2C[C@]3(C)C[C@H]2CC(C)(C)C3)c1. The monoisotopic (exact) mass is 460 g/mol. The second-order valence-corrected chi connectivity index (χ2v) is 11.9. The molecule has 3 atom stereocenters. The van der Waals surface area contributed by atoms with Crippen molar-refractivity contribution in [3.63, 3.8) is 0 Å². The van der Waals surface area contributed by atoms with E-state index in [0.29, 0.717) is 6.54 Å². The van der Waals surface area contributed by atoms with Crippen LogP contribution in [0.3, 0.4) is 0 Å². The highest BCUT2D eigenvalue weighted by molar-refractivity contribution is 7.89. The average Bonchev–Trinajstić information content (AvgIpc) is 2.95. The number of allylic oxidation sites excluding steroid dienone is 1. The third kappa shape index (κ3) is 4.77. The minimum atomic E-state index is -3.80. The molecule has 0 radical (unpaired) electrons. The maximum absolute atomic E-state index is 13.4. The van der Waals surface area contributed by atoms with E-state index in [-0.39, 0.29) is 33.0 Å². The molecule has 1 aromatic carbocycles. The highest BCUT2D eigenvalue weighted by atomic mass is 32.2. The van der Waals surface area contributed by atoms with Gasteiger partial charge in [-0.25, -0.2) is 13.2 Å². The van der Waals surface area contributed by atoms with Crippen molar-refractivity contribution in [3.8, 4) is 6.07 Å². The van der Waals surface area contributed by atoms with Gasteiger partial charge >= 0.3 is 5.97 Å². The average molecular weight is 461 g/mol. The zero-order chi connectivity index (χ0) is 23.9. The number of fused-ring (bicyclic) bond motifs is 2. The van der Waals surface area contributed by atoms with Gasteiger partial charge in [-0.3, -0.25) is 4.79 Å². The number of hydrogen-bond donors (Lipinski definition) is 1. The largest absolute Gasteiger partial charge is 0.454 e. The van der Waals surface area contributed by atoms with Crippen molar-refractivity contribution < 1.29 is 28.5 Å². The molecule has 8 nitrogen and oxygen atoms in total. The van der Waals surface area contributed by atoms with Gasteiger partial charge in [-0.2, -0.15) is 9.57 Å². The summed E-state index contributed by atoms with van der Waals surface area (Å²) in [7, 11) is -3.80. The number of rotatable bonds is 7. The van der Waals surface area contributed by atoms with Gasteiger partial charge in [-0.15, -0.1) is 0 Å². The molecule has 2 fully saturated rings. The Morgan fingerprint density at radius 1 is 1.34 bits per heavy atom. The first-order chi connectivity index (χ1) is 14.8. The van der Waals surface area contributed by atoms with Gasteiger partial charge < -0.3 is 10.5 Å². The molecule has 9 heteroatoms. The fraction of sp³-hybridized carbons (Fsp3) is 0.522. The summed E-state index contributed by atoms with van der Waals surface area (Å²) in [4.78, 5) is 24.5. The Morgan fingerprint density at radius 2 is 2.03 bits per heavy atom. The standard InChI is InChI=1S/C23H29N3O5S/c1-15(25)19(11-24)20(27)12-31-21(28)16-6-5-7-18(8-16)32(29,30)26-14-23(4)10-17(26)9-22(2,3)13-23/h5-8,17,19H,1,9-10,12-14,25H2,2-4H3/p+1/t17-,19-,23-/m1/s1. The van der Waals surface area contributed by atoms with E-state index in [4.69, 9.17) is 10.00 Å². The van der Waals surface area contributed by atoms with Crippen molar-refractivity contribution in [3.05, 3.63) is 42.1 Å². The molecule has 1 aliphatic heterocycles. The highest BCUT2D eigenvalue weighted by Gasteiger charge is 2.53. The molecule has 2 aliphatic rings. The zero-order valence-electron chi connectivity index (χ0n) is 18.8. The number of ether oxygens (including phenoxy) is 1. The predicted molar refractivity (Wildman–Crippen MR) is 116 cm³/mol. The van der Waals surface area contributed by atoms with Gasteiger partial charge in [0, 0.05) is 12.6 Å². The molecule has 1 saturated carbocycles. The topological polar surface area (TPSA) is 132 Å². The van der Waals surface area contributed by atoms with Crippen LogP contribution in [0.4, 0.5) is 0 Å². The van der Waals surface area contributed by atoms with Crippen molar-refractivity contribution >= 4 is 21.8 Å². The quantitative estimate of drug-likeness (QED) is 0.618. The molecule has 1 saturated heterocycles. The number of esters is 1. The summed E-state index contributed by atoms with van der Waals surface area (Å²) in [6.45, 7) is 9.79. The Hall–Kier alpha value is -2.54. The summed E-state index contributed by atoms with van der Waals surface area (Å²) in [5, 5.41) is 9.01. The van der Waals surface area contributed by atoms with Crippen molar-refractivity contribution in [2.45, 2.75) is 51.0 Å². The molecule has 3 rings (SSSR count). The first-order valence-corrected chi connectivity index (χ1v) is 11.9. The number of nitrogens with zero attached hydrogens (tertiary/aromatic N) is 2. The van der Waals surface area contributed by atoms with Gasteiger partial charge in [0.25, 0.3) is 0 Å². The van der Waals surface area contributed by atoms with E-state index in [1.165, 1.54) is 24.3 Å². The van der Waals surface area contributed by atoms with E-state index in [9.17, 15) is 18.0 Å². The van der Waals surface area contributed by atoms with Gasteiger partial charge in [0.05, 0.1) is 16.5 Å². The molecule has 32 heavy (non-hydrogen) atoms. The number of quaternary nitrogens is 1. The van der Waals surface area contributed by atoms with Crippen molar-refractivity contribution in [1.29, 1.82) is 5.26 Å².